The van der Waals surface area contributed by atoms with E-state index in [-0.39, 0.29) is 11.9 Å². The molecule has 31 heavy (non-hydrogen) atoms. The molecule has 4 rings (SSSR count). The number of aryl methyl sites for hydroxylation is 1. The minimum atomic E-state index is -0.286. The van der Waals surface area contributed by atoms with Gasteiger partial charge in [0.05, 0.1) is 28.7 Å². The maximum atomic E-state index is 12.6. The average molecular weight is 435 g/mol. The van der Waals surface area contributed by atoms with E-state index >= 15 is 0 Å². The van der Waals surface area contributed by atoms with Gasteiger partial charge in [0.1, 0.15) is 17.3 Å². The van der Waals surface area contributed by atoms with Gasteiger partial charge in [0, 0.05) is 12.7 Å². The van der Waals surface area contributed by atoms with Crippen LogP contribution in [0, 0.1) is 0 Å². The second kappa shape index (κ2) is 9.62. The number of hydrogen-bond acceptors (Lipinski definition) is 4. The lowest BCUT2D eigenvalue weighted by atomic mass is 10.2. The Hall–Kier alpha value is -3.38. The Balaban J connectivity index is 1.49. The number of ether oxygens (including phenoxy) is 1. The van der Waals surface area contributed by atoms with Crippen molar-refractivity contribution in [2.75, 3.05) is 6.61 Å². The molecule has 2 aromatic heterocycles. The number of para-hydroxylation sites is 3. The van der Waals surface area contributed by atoms with Gasteiger partial charge in [0.2, 0.25) is 0 Å². The van der Waals surface area contributed by atoms with Crippen LogP contribution < -0.4 is 10.1 Å². The van der Waals surface area contributed by atoms with Crippen molar-refractivity contribution in [3.05, 3.63) is 89.5 Å². The van der Waals surface area contributed by atoms with E-state index in [1.807, 2.05) is 55.5 Å². The smallest absolute Gasteiger partial charge is 0.270 e. The molecule has 0 spiro atoms. The van der Waals surface area contributed by atoms with Gasteiger partial charge in [0.15, 0.2) is 0 Å². The summed E-state index contributed by atoms with van der Waals surface area (Å²) >= 11 is 6.16. The number of imidazole rings is 1. The Morgan fingerprint density at radius 3 is 2.68 bits per heavy atom. The quantitative estimate of drug-likeness (QED) is 0.394. The maximum Gasteiger partial charge on any atom is 0.270 e. The first-order valence-corrected chi connectivity index (χ1v) is 10.6. The number of nitrogens with one attached hydrogen (secondary N) is 1. The number of halogens is 1. The first-order chi connectivity index (χ1) is 15.1. The predicted molar refractivity (Wildman–Crippen MR) is 121 cm³/mol. The van der Waals surface area contributed by atoms with Crippen molar-refractivity contribution in [1.82, 2.24) is 19.9 Å². The molecule has 0 aliphatic heterocycles. The van der Waals surface area contributed by atoms with Gasteiger partial charge in [-0.25, -0.2) is 4.98 Å². The zero-order valence-corrected chi connectivity index (χ0v) is 17.9. The summed E-state index contributed by atoms with van der Waals surface area (Å²) in [6.07, 6.45) is 2.37. The summed E-state index contributed by atoms with van der Waals surface area (Å²) in [5.74, 6) is 1.24. The molecule has 0 aliphatic carbocycles. The zero-order chi connectivity index (χ0) is 21.6. The van der Waals surface area contributed by atoms with Gasteiger partial charge < -0.3 is 14.6 Å². The molecule has 2 heterocycles. The standard InChI is InChI=1S/C24H23ClN4O2/c1-17(27-24(30)20-11-6-7-14-26-20)23-28-19-10-3-4-12-21(19)29(23)15-8-16-31-22-13-5-2-9-18(22)25/h2-7,9-14,17H,8,15-16H2,1H3,(H,27,30). The molecule has 6 nitrogen and oxygen atoms in total. The lowest BCUT2D eigenvalue weighted by molar-refractivity contribution is 0.0932. The second-order valence-corrected chi connectivity index (χ2v) is 7.56. The highest BCUT2D eigenvalue weighted by atomic mass is 35.5. The lowest BCUT2D eigenvalue weighted by Gasteiger charge is -2.16. The van der Waals surface area contributed by atoms with Gasteiger partial charge in [-0.2, -0.15) is 0 Å². The van der Waals surface area contributed by atoms with Gasteiger partial charge in [-0.05, 0) is 49.7 Å². The summed E-state index contributed by atoms with van der Waals surface area (Å²) < 4.78 is 7.96. The molecule has 1 amide bonds. The summed E-state index contributed by atoms with van der Waals surface area (Å²) in [4.78, 5) is 21.5. The number of hydrogen-bond donors (Lipinski definition) is 1. The fourth-order valence-corrected chi connectivity index (χ4v) is 3.65. The fourth-order valence-electron chi connectivity index (χ4n) is 3.46. The number of carbonyl (C=O) groups excluding carboxylic acids is 1. The van der Waals surface area contributed by atoms with Gasteiger partial charge >= 0.3 is 0 Å². The van der Waals surface area contributed by atoms with Crippen molar-refractivity contribution in [2.24, 2.45) is 0 Å². The SMILES string of the molecule is CC(NC(=O)c1ccccn1)c1nc2ccccc2n1CCCOc1ccccc1Cl. The van der Waals surface area contributed by atoms with E-state index in [1.54, 1.807) is 24.4 Å². The molecule has 1 atom stereocenters. The van der Waals surface area contributed by atoms with Crippen molar-refractivity contribution in [2.45, 2.75) is 25.9 Å². The lowest BCUT2D eigenvalue weighted by Crippen LogP contribution is -2.29. The second-order valence-electron chi connectivity index (χ2n) is 7.15. The highest BCUT2D eigenvalue weighted by Crippen LogP contribution is 2.24. The minimum absolute atomic E-state index is 0.228. The summed E-state index contributed by atoms with van der Waals surface area (Å²) in [5, 5.41) is 3.60. The van der Waals surface area contributed by atoms with Crippen LogP contribution in [0.25, 0.3) is 11.0 Å². The van der Waals surface area contributed by atoms with Crippen molar-refractivity contribution < 1.29 is 9.53 Å². The molecule has 2 aromatic carbocycles. The van der Waals surface area contributed by atoms with Gasteiger partial charge in [-0.3, -0.25) is 9.78 Å². The number of aromatic nitrogens is 3. The van der Waals surface area contributed by atoms with E-state index in [9.17, 15) is 4.79 Å². The minimum Gasteiger partial charge on any atom is -0.492 e. The van der Waals surface area contributed by atoms with E-state index in [4.69, 9.17) is 21.3 Å². The number of benzene rings is 2. The monoisotopic (exact) mass is 434 g/mol. The Bertz CT molecular complexity index is 1180. The normalized spacial score (nSPS) is 11.9. The molecule has 0 saturated carbocycles. The number of pyridine rings is 1. The van der Waals surface area contributed by atoms with Crippen LogP contribution in [0.1, 0.15) is 35.7 Å². The molecular formula is C24H23ClN4O2. The van der Waals surface area contributed by atoms with Crippen LogP contribution in [-0.2, 0) is 6.54 Å². The Kier molecular flexibility index (Phi) is 6.48. The molecule has 4 aromatic rings. The summed E-state index contributed by atoms with van der Waals surface area (Å²) in [6.45, 7) is 3.15. The average Bonchev–Trinajstić information content (AvgIpc) is 3.17. The van der Waals surface area contributed by atoms with Crippen LogP contribution in [0.15, 0.2) is 72.9 Å². The number of rotatable bonds is 8. The van der Waals surface area contributed by atoms with Gasteiger partial charge in [0.25, 0.3) is 5.91 Å². The Morgan fingerprint density at radius 1 is 1.10 bits per heavy atom. The van der Waals surface area contributed by atoms with Crippen LogP contribution in [0.4, 0.5) is 0 Å². The van der Waals surface area contributed by atoms with Crippen LogP contribution >= 0.6 is 11.6 Å². The number of carbonyl (C=O) groups is 1. The summed E-state index contributed by atoms with van der Waals surface area (Å²) in [5.41, 5.74) is 2.29. The molecule has 0 bridgehead atoms. The van der Waals surface area contributed by atoms with Crippen LogP contribution in [0.5, 0.6) is 5.75 Å². The van der Waals surface area contributed by atoms with Crippen LogP contribution in [-0.4, -0.2) is 27.0 Å². The summed E-state index contributed by atoms with van der Waals surface area (Å²) in [6, 6.07) is 20.4. The molecule has 0 aliphatic rings. The third-order valence-electron chi connectivity index (χ3n) is 4.94. The number of fused-ring (bicyclic) bond motifs is 1. The number of nitrogens with zero attached hydrogens (tertiary/aromatic N) is 3. The Morgan fingerprint density at radius 2 is 1.87 bits per heavy atom. The predicted octanol–water partition coefficient (Wildman–Crippen LogP) is 5.04. The molecule has 7 heteroatoms. The fraction of sp³-hybridized carbons (Fsp3) is 0.208. The van der Waals surface area contributed by atoms with Gasteiger partial charge in [-0.15, -0.1) is 0 Å². The van der Waals surface area contributed by atoms with Crippen molar-refractivity contribution in [3.63, 3.8) is 0 Å². The van der Waals surface area contributed by atoms with E-state index in [2.05, 4.69) is 14.9 Å². The zero-order valence-electron chi connectivity index (χ0n) is 17.2. The highest BCUT2D eigenvalue weighted by Gasteiger charge is 2.19. The van der Waals surface area contributed by atoms with E-state index in [1.165, 1.54) is 0 Å². The van der Waals surface area contributed by atoms with Crippen molar-refractivity contribution >= 4 is 28.5 Å². The van der Waals surface area contributed by atoms with E-state index in [0.29, 0.717) is 29.6 Å². The third kappa shape index (κ3) is 4.86. The van der Waals surface area contributed by atoms with Gasteiger partial charge in [-0.1, -0.05) is 41.9 Å². The van der Waals surface area contributed by atoms with E-state index < -0.39 is 0 Å². The number of amides is 1. The Labute approximate surface area is 185 Å². The van der Waals surface area contributed by atoms with Crippen molar-refractivity contribution in [3.8, 4) is 5.75 Å². The van der Waals surface area contributed by atoms with Crippen LogP contribution in [0.2, 0.25) is 5.02 Å². The molecule has 0 radical (unpaired) electrons. The molecule has 0 saturated heterocycles. The molecule has 158 valence electrons. The van der Waals surface area contributed by atoms with E-state index in [0.717, 1.165) is 23.3 Å². The van der Waals surface area contributed by atoms with Crippen molar-refractivity contribution in [1.29, 1.82) is 0 Å². The summed E-state index contributed by atoms with van der Waals surface area (Å²) in [7, 11) is 0. The highest BCUT2D eigenvalue weighted by molar-refractivity contribution is 6.32. The molecule has 1 unspecified atom stereocenters. The molecular weight excluding hydrogens is 412 g/mol. The van der Waals surface area contributed by atoms with Crippen LogP contribution in [0.3, 0.4) is 0 Å². The first-order valence-electron chi connectivity index (χ1n) is 10.2. The maximum absolute atomic E-state index is 12.6. The largest absolute Gasteiger partial charge is 0.492 e. The molecule has 0 fully saturated rings. The molecule has 1 N–H and O–H groups in total. The third-order valence-corrected chi connectivity index (χ3v) is 5.25. The topological polar surface area (TPSA) is 69.0 Å². The first kappa shape index (κ1) is 20.9.